The molecule has 0 amide bonds. The summed E-state index contributed by atoms with van der Waals surface area (Å²) in [6.07, 6.45) is 0. The fourth-order valence-electron chi connectivity index (χ4n) is 1.35. The summed E-state index contributed by atoms with van der Waals surface area (Å²) in [4.78, 5) is 9.51. The van der Waals surface area contributed by atoms with Crippen molar-refractivity contribution in [2.45, 2.75) is 0 Å². The van der Waals surface area contributed by atoms with Crippen molar-refractivity contribution in [1.82, 2.24) is 10.2 Å². The molecule has 3 N–H and O–H groups in total. The Morgan fingerprint density at radius 1 is 1.35 bits per heavy atom. The van der Waals surface area contributed by atoms with Gasteiger partial charge < -0.3 is 5.73 Å². The third-order valence-corrected chi connectivity index (χ3v) is 2.11. The maximum absolute atomic E-state index is 13.1. The number of halogens is 2. The first-order chi connectivity index (χ1) is 7.99. The van der Waals surface area contributed by atoms with E-state index in [1.165, 1.54) is 6.07 Å². The van der Waals surface area contributed by atoms with Crippen molar-refractivity contribution in [2.75, 3.05) is 5.73 Å². The molecule has 0 unspecified atom stereocenters. The third-order valence-electron chi connectivity index (χ3n) is 2.11. The molecule has 0 saturated carbocycles. The molecule has 2 aromatic rings. The lowest BCUT2D eigenvalue weighted by Crippen LogP contribution is -1.96. The van der Waals surface area contributed by atoms with Gasteiger partial charge in [-0.1, -0.05) is 0 Å². The molecule has 0 aliphatic heterocycles. The molecule has 1 aromatic carbocycles. The van der Waals surface area contributed by atoms with E-state index in [1.807, 2.05) is 0 Å². The summed E-state index contributed by atoms with van der Waals surface area (Å²) < 4.78 is 26.2. The lowest BCUT2D eigenvalue weighted by molar-refractivity contribution is -0.387. The van der Waals surface area contributed by atoms with Crippen LogP contribution in [0.25, 0.3) is 11.3 Å². The first kappa shape index (κ1) is 11.0. The number of benzene rings is 1. The number of aromatic amines is 1. The fraction of sp³-hybridized carbons (Fsp3) is 0. The van der Waals surface area contributed by atoms with Gasteiger partial charge in [-0.2, -0.15) is 9.49 Å². The Morgan fingerprint density at radius 3 is 2.59 bits per heavy atom. The van der Waals surface area contributed by atoms with Gasteiger partial charge in [-0.05, 0) is 6.07 Å². The summed E-state index contributed by atoms with van der Waals surface area (Å²) in [5.41, 5.74) is 4.77. The topological polar surface area (TPSA) is 97.8 Å². The monoisotopic (exact) mass is 240 g/mol. The molecular weight excluding hydrogens is 234 g/mol. The van der Waals surface area contributed by atoms with Gasteiger partial charge in [0.1, 0.15) is 5.82 Å². The molecule has 0 aliphatic rings. The molecule has 0 atom stereocenters. The summed E-state index contributed by atoms with van der Waals surface area (Å²) in [6.45, 7) is 0. The van der Waals surface area contributed by atoms with Gasteiger partial charge in [-0.25, -0.2) is 4.39 Å². The number of nitrogens with zero attached hydrogens (tertiary/aromatic N) is 2. The molecule has 2 rings (SSSR count). The van der Waals surface area contributed by atoms with Gasteiger partial charge in [0.2, 0.25) is 5.82 Å². The van der Waals surface area contributed by atoms with Crippen LogP contribution in [0, 0.1) is 21.7 Å². The largest absolute Gasteiger partial charge is 0.382 e. The van der Waals surface area contributed by atoms with Crippen LogP contribution in [-0.2, 0) is 0 Å². The van der Waals surface area contributed by atoms with Crippen LogP contribution in [0.15, 0.2) is 18.2 Å². The van der Waals surface area contributed by atoms with Crippen LogP contribution >= 0.6 is 0 Å². The van der Waals surface area contributed by atoms with E-state index in [2.05, 4.69) is 10.2 Å². The molecule has 88 valence electrons. The summed E-state index contributed by atoms with van der Waals surface area (Å²) in [5, 5.41) is 16.5. The molecule has 0 radical (unpaired) electrons. The number of nitro benzene ring substituents is 1. The SMILES string of the molecule is Nc1cc(-c2cc(F)c(F)c([N+](=O)[O-])c2)[nH]n1. The first-order valence-corrected chi connectivity index (χ1v) is 4.43. The highest BCUT2D eigenvalue weighted by molar-refractivity contribution is 5.65. The third kappa shape index (κ3) is 1.92. The minimum absolute atomic E-state index is 0.0970. The molecular formula is C9H6F2N4O2. The van der Waals surface area contributed by atoms with E-state index in [4.69, 9.17) is 5.73 Å². The molecule has 0 bridgehead atoms. The molecule has 8 heteroatoms. The summed E-state index contributed by atoms with van der Waals surface area (Å²) in [6, 6.07) is 3.09. The fourth-order valence-corrected chi connectivity index (χ4v) is 1.35. The van der Waals surface area contributed by atoms with Crippen LogP contribution in [0.1, 0.15) is 0 Å². The van der Waals surface area contributed by atoms with Crippen molar-refractivity contribution < 1.29 is 13.7 Å². The van der Waals surface area contributed by atoms with E-state index in [9.17, 15) is 18.9 Å². The second-order valence-electron chi connectivity index (χ2n) is 3.25. The van der Waals surface area contributed by atoms with Gasteiger partial charge in [0, 0.05) is 17.7 Å². The highest BCUT2D eigenvalue weighted by Gasteiger charge is 2.21. The number of nitro groups is 1. The predicted molar refractivity (Wildman–Crippen MR) is 55.0 cm³/mol. The Hall–Kier alpha value is -2.51. The van der Waals surface area contributed by atoms with Crippen molar-refractivity contribution in [3.63, 3.8) is 0 Å². The molecule has 0 fully saturated rings. The summed E-state index contributed by atoms with van der Waals surface area (Å²) in [5.74, 6) is -2.65. The lowest BCUT2D eigenvalue weighted by Gasteiger charge is -2.00. The number of nitrogens with two attached hydrogens (primary N) is 1. The average Bonchev–Trinajstić information content (AvgIpc) is 2.68. The van der Waals surface area contributed by atoms with Crippen LogP contribution in [0.2, 0.25) is 0 Å². The van der Waals surface area contributed by atoms with E-state index in [0.29, 0.717) is 0 Å². The highest BCUT2D eigenvalue weighted by atomic mass is 19.2. The molecule has 0 saturated heterocycles. The smallest absolute Gasteiger partial charge is 0.308 e. The summed E-state index contributed by atoms with van der Waals surface area (Å²) in [7, 11) is 0. The number of hydrogen-bond acceptors (Lipinski definition) is 4. The van der Waals surface area contributed by atoms with E-state index in [-0.39, 0.29) is 17.1 Å². The van der Waals surface area contributed by atoms with Crippen LogP contribution in [-0.4, -0.2) is 15.1 Å². The summed E-state index contributed by atoms with van der Waals surface area (Å²) >= 11 is 0. The standard InChI is InChI=1S/C9H6F2N4O2/c10-5-1-4(6-3-8(12)14-13-6)2-7(9(5)11)15(16)17/h1-3H,(H3,12,13,14). The van der Waals surface area contributed by atoms with E-state index in [1.54, 1.807) is 0 Å². The van der Waals surface area contributed by atoms with Crippen molar-refractivity contribution in [3.05, 3.63) is 39.9 Å². The van der Waals surface area contributed by atoms with E-state index < -0.39 is 22.2 Å². The number of aromatic nitrogens is 2. The molecule has 0 spiro atoms. The number of nitrogen functional groups attached to an aromatic ring is 1. The normalized spacial score (nSPS) is 10.5. The maximum atomic E-state index is 13.1. The van der Waals surface area contributed by atoms with Gasteiger partial charge in [0.15, 0.2) is 5.82 Å². The van der Waals surface area contributed by atoms with Crippen molar-refractivity contribution >= 4 is 11.5 Å². The Bertz CT molecular complexity index is 597. The van der Waals surface area contributed by atoms with Gasteiger partial charge >= 0.3 is 5.69 Å². The van der Waals surface area contributed by atoms with Crippen molar-refractivity contribution in [2.24, 2.45) is 0 Å². The Kier molecular flexibility index (Phi) is 2.47. The van der Waals surface area contributed by atoms with Gasteiger partial charge in [0.05, 0.1) is 10.6 Å². The Balaban J connectivity index is 2.60. The number of H-pyrrole nitrogens is 1. The van der Waals surface area contributed by atoms with E-state index in [0.717, 1.165) is 12.1 Å². The Labute approximate surface area is 93.2 Å². The van der Waals surface area contributed by atoms with Gasteiger partial charge in [-0.3, -0.25) is 15.2 Å². The number of rotatable bonds is 2. The molecule has 6 nitrogen and oxygen atoms in total. The van der Waals surface area contributed by atoms with Crippen LogP contribution in [0.3, 0.4) is 0 Å². The van der Waals surface area contributed by atoms with Crippen LogP contribution in [0.5, 0.6) is 0 Å². The number of nitrogens with one attached hydrogen (secondary N) is 1. The van der Waals surface area contributed by atoms with Crippen LogP contribution < -0.4 is 5.73 Å². The lowest BCUT2D eigenvalue weighted by atomic mass is 10.1. The quantitative estimate of drug-likeness (QED) is 0.618. The zero-order valence-corrected chi connectivity index (χ0v) is 8.28. The molecule has 1 heterocycles. The second kappa shape index (κ2) is 3.81. The minimum Gasteiger partial charge on any atom is -0.382 e. The maximum Gasteiger partial charge on any atom is 0.308 e. The van der Waals surface area contributed by atoms with Crippen molar-refractivity contribution in [1.29, 1.82) is 0 Å². The average molecular weight is 240 g/mol. The van der Waals surface area contributed by atoms with Gasteiger partial charge in [-0.15, -0.1) is 0 Å². The zero-order chi connectivity index (χ0) is 12.6. The predicted octanol–water partition coefficient (Wildman–Crippen LogP) is 1.85. The molecule has 17 heavy (non-hydrogen) atoms. The van der Waals surface area contributed by atoms with Crippen LogP contribution in [0.4, 0.5) is 20.3 Å². The van der Waals surface area contributed by atoms with Gasteiger partial charge in [0.25, 0.3) is 0 Å². The highest BCUT2D eigenvalue weighted by Crippen LogP contribution is 2.28. The number of anilines is 1. The first-order valence-electron chi connectivity index (χ1n) is 4.43. The molecule has 1 aromatic heterocycles. The van der Waals surface area contributed by atoms with Crippen molar-refractivity contribution in [3.8, 4) is 11.3 Å². The van der Waals surface area contributed by atoms with E-state index >= 15 is 0 Å². The minimum atomic E-state index is -1.49. The Morgan fingerprint density at radius 2 is 2.06 bits per heavy atom. The zero-order valence-electron chi connectivity index (χ0n) is 8.28. The second-order valence-corrected chi connectivity index (χ2v) is 3.25. The molecule has 0 aliphatic carbocycles. The number of hydrogen-bond donors (Lipinski definition) is 2.